The topological polar surface area (TPSA) is 35.2 Å². The maximum Gasteiger partial charge on any atom is 0.170 e. The van der Waals surface area contributed by atoms with Crippen molar-refractivity contribution in [3.05, 3.63) is 77.6 Å². The second kappa shape index (κ2) is 5.54. The molecule has 0 spiro atoms. The Labute approximate surface area is 123 Å². The van der Waals surface area contributed by atoms with Crippen LogP contribution in [0.15, 0.2) is 60.7 Å². The number of methoxy groups -OCH3 is 1. The summed E-state index contributed by atoms with van der Waals surface area (Å²) in [5.74, 6) is -0.190. The van der Waals surface area contributed by atoms with Crippen molar-refractivity contribution in [1.82, 2.24) is 0 Å². The summed E-state index contributed by atoms with van der Waals surface area (Å²) < 4.78 is 19.3. The molecule has 1 atom stereocenters. The van der Waals surface area contributed by atoms with Gasteiger partial charge in [-0.25, -0.2) is 4.39 Å². The Bertz CT molecular complexity index is 785. The summed E-state index contributed by atoms with van der Waals surface area (Å²) in [6, 6.07) is 18.5. The Morgan fingerprint density at radius 2 is 1.71 bits per heavy atom. The third-order valence-electron chi connectivity index (χ3n) is 3.68. The minimum Gasteiger partial charge on any atom is -0.494 e. The molecule has 0 aliphatic rings. The van der Waals surface area contributed by atoms with Crippen LogP contribution in [0, 0.1) is 5.82 Å². The molecule has 0 bridgehead atoms. The molecule has 0 saturated heterocycles. The zero-order chi connectivity index (χ0) is 14.8. The van der Waals surface area contributed by atoms with Gasteiger partial charge in [0, 0.05) is 5.56 Å². The first-order chi connectivity index (χ1) is 10.2. The first-order valence-electron chi connectivity index (χ1n) is 6.77. The summed E-state index contributed by atoms with van der Waals surface area (Å²) in [6.07, 6.45) is 0. The normalized spacial score (nSPS) is 12.3. The third-order valence-corrected chi connectivity index (χ3v) is 3.68. The molecule has 3 rings (SSSR count). The van der Waals surface area contributed by atoms with Gasteiger partial charge in [-0.05, 0) is 28.5 Å². The quantitative estimate of drug-likeness (QED) is 0.786. The van der Waals surface area contributed by atoms with Crippen LogP contribution < -0.4 is 10.5 Å². The summed E-state index contributed by atoms with van der Waals surface area (Å²) in [6.45, 7) is 0. The van der Waals surface area contributed by atoms with Crippen LogP contribution in [-0.2, 0) is 0 Å². The number of ether oxygens (including phenoxy) is 1. The minimum atomic E-state index is -0.523. The molecule has 0 heterocycles. The highest BCUT2D eigenvalue weighted by atomic mass is 19.1. The highest BCUT2D eigenvalue weighted by molar-refractivity contribution is 5.83. The molecular formula is C18H16FNO. The van der Waals surface area contributed by atoms with Crippen molar-refractivity contribution >= 4 is 10.8 Å². The average Bonchev–Trinajstić information content (AvgIpc) is 2.54. The van der Waals surface area contributed by atoms with Gasteiger partial charge in [-0.2, -0.15) is 0 Å². The van der Waals surface area contributed by atoms with Crippen LogP contribution in [0.3, 0.4) is 0 Å². The van der Waals surface area contributed by atoms with Gasteiger partial charge in [0.2, 0.25) is 0 Å². The van der Waals surface area contributed by atoms with E-state index >= 15 is 0 Å². The van der Waals surface area contributed by atoms with Crippen molar-refractivity contribution in [1.29, 1.82) is 0 Å². The molecule has 3 aromatic carbocycles. The maximum atomic E-state index is 14.3. The molecule has 2 N–H and O–H groups in total. The number of rotatable bonds is 3. The summed E-state index contributed by atoms with van der Waals surface area (Å²) in [5.41, 5.74) is 7.55. The predicted molar refractivity (Wildman–Crippen MR) is 82.9 cm³/mol. The Morgan fingerprint density at radius 1 is 0.952 bits per heavy atom. The number of fused-ring (bicyclic) bond motifs is 1. The van der Waals surface area contributed by atoms with Gasteiger partial charge in [0.15, 0.2) is 11.6 Å². The second-order valence-corrected chi connectivity index (χ2v) is 4.95. The number of benzene rings is 3. The van der Waals surface area contributed by atoms with Gasteiger partial charge in [0.1, 0.15) is 0 Å². The van der Waals surface area contributed by atoms with E-state index in [0.717, 1.165) is 16.3 Å². The first kappa shape index (κ1) is 13.6. The zero-order valence-electron chi connectivity index (χ0n) is 11.7. The Hall–Kier alpha value is -2.39. The molecule has 0 aromatic heterocycles. The smallest absolute Gasteiger partial charge is 0.170 e. The van der Waals surface area contributed by atoms with Crippen LogP contribution in [0.5, 0.6) is 5.75 Å². The van der Waals surface area contributed by atoms with Crippen LogP contribution in [0.25, 0.3) is 10.8 Å². The van der Waals surface area contributed by atoms with Gasteiger partial charge < -0.3 is 10.5 Å². The fourth-order valence-corrected chi connectivity index (χ4v) is 2.51. The van der Waals surface area contributed by atoms with E-state index in [1.54, 1.807) is 18.2 Å². The molecule has 0 aliphatic heterocycles. The van der Waals surface area contributed by atoms with E-state index in [4.69, 9.17) is 10.5 Å². The van der Waals surface area contributed by atoms with Crippen LogP contribution in [0.1, 0.15) is 17.2 Å². The third kappa shape index (κ3) is 2.48. The molecular weight excluding hydrogens is 265 g/mol. The Balaban J connectivity index is 2.06. The van der Waals surface area contributed by atoms with Crippen molar-refractivity contribution in [2.75, 3.05) is 7.11 Å². The molecule has 0 aliphatic carbocycles. The van der Waals surface area contributed by atoms with Gasteiger partial charge in [-0.3, -0.25) is 0 Å². The van der Waals surface area contributed by atoms with E-state index in [2.05, 4.69) is 0 Å². The van der Waals surface area contributed by atoms with Gasteiger partial charge in [0.25, 0.3) is 0 Å². The molecule has 106 valence electrons. The monoisotopic (exact) mass is 281 g/mol. The van der Waals surface area contributed by atoms with Gasteiger partial charge >= 0.3 is 0 Å². The van der Waals surface area contributed by atoms with Gasteiger partial charge in [0.05, 0.1) is 13.2 Å². The van der Waals surface area contributed by atoms with Crippen LogP contribution in [0.2, 0.25) is 0 Å². The van der Waals surface area contributed by atoms with Crippen molar-refractivity contribution in [3.63, 3.8) is 0 Å². The second-order valence-electron chi connectivity index (χ2n) is 4.95. The number of nitrogens with two attached hydrogens (primary N) is 1. The Morgan fingerprint density at radius 3 is 2.48 bits per heavy atom. The Kier molecular flexibility index (Phi) is 3.59. The van der Waals surface area contributed by atoms with Crippen LogP contribution in [0.4, 0.5) is 4.39 Å². The molecule has 1 unspecified atom stereocenters. The fourth-order valence-electron chi connectivity index (χ4n) is 2.51. The van der Waals surface area contributed by atoms with E-state index in [1.807, 2.05) is 42.5 Å². The summed E-state index contributed by atoms with van der Waals surface area (Å²) in [7, 11) is 1.45. The van der Waals surface area contributed by atoms with E-state index in [-0.39, 0.29) is 5.75 Å². The van der Waals surface area contributed by atoms with Crippen molar-refractivity contribution < 1.29 is 9.13 Å². The lowest BCUT2D eigenvalue weighted by atomic mass is 9.96. The van der Waals surface area contributed by atoms with E-state index in [9.17, 15) is 4.39 Å². The van der Waals surface area contributed by atoms with E-state index in [0.29, 0.717) is 5.56 Å². The number of halogens is 1. The highest BCUT2D eigenvalue weighted by Gasteiger charge is 2.16. The van der Waals surface area contributed by atoms with E-state index in [1.165, 1.54) is 7.11 Å². The molecule has 3 heteroatoms. The van der Waals surface area contributed by atoms with E-state index < -0.39 is 11.9 Å². The minimum absolute atomic E-state index is 0.212. The van der Waals surface area contributed by atoms with Crippen LogP contribution >= 0.6 is 0 Å². The number of hydrogen-bond acceptors (Lipinski definition) is 2. The molecule has 21 heavy (non-hydrogen) atoms. The number of hydrogen-bond donors (Lipinski definition) is 1. The molecule has 0 saturated carbocycles. The highest BCUT2D eigenvalue weighted by Crippen LogP contribution is 2.29. The molecule has 0 fully saturated rings. The lowest BCUT2D eigenvalue weighted by Crippen LogP contribution is -2.14. The van der Waals surface area contributed by atoms with Gasteiger partial charge in [-0.15, -0.1) is 0 Å². The summed E-state index contributed by atoms with van der Waals surface area (Å²) in [4.78, 5) is 0. The first-order valence-corrected chi connectivity index (χ1v) is 6.77. The zero-order valence-corrected chi connectivity index (χ0v) is 11.7. The maximum absolute atomic E-state index is 14.3. The standard InChI is InChI=1S/C18H16FNO/c1-21-16-8-4-7-15(17(16)19)18(20)14-10-9-12-5-2-3-6-13(12)11-14/h2-11,18H,20H2,1H3. The summed E-state index contributed by atoms with van der Waals surface area (Å²) in [5, 5.41) is 2.23. The lowest BCUT2D eigenvalue weighted by molar-refractivity contribution is 0.383. The average molecular weight is 281 g/mol. The van der Waals surface area contributed by atoms with Gasteiger partial charge in [-0.1, -0.05) is 48.5 Å². The molecule has 0 amide bonds. The van der Waals surface area contributed by atoms with Crippen molar-refractivity contribution in [2.45, 2.75) is 6.04 Å². The van der Waals surface area contributed by atoms with Crippen LogP contribution in [-0.4, -0.2) is 7.11 Å². The molecule has 3 aromatic rings. The SMILES string of the molecule is COc1cccc(C(N)c2ccc3ccccc3c2)c1F. The lowest BCUT2D eigenvalue weighted by Gasteiger charge is -2.15. The summed E-state index contributed by atoms with van der Waals surface area (Å²) >= 11 is 0. The largest absolute Gasteiger partial charge is 0.494 e. The fraction of sp³-hybridized carbons (Fsp3) is 0.111. The van der Waals surface area contributed by atoms with Crippen molar-refractivity contribution in [2.24, 2.45) is 5.73 Å². The predicted octanol–water partition coefficient (Wildman–Crippen LogP) is 4.04. The van der Waals surface area contributed by atoms with Crippen molar-refractivity contribution in [3.8, 4) is 5.75 Å². The molecule has 0 radical (unpaired) electrons. The molecule has 2 nitrogen and oxygen atoms in total.